The maximum atomic E-state index is 13.0. The summed E-state index contributed by atoms with van der Waals surface area (Å²) in [4.78, 5) is 12.6. The summed E-state index contributed by atoms with van der Waals surface area (Å²) in [6.45, 7) is 6.90. The van der Waals surface area contributed by atoms with Crippen molar-refractivity contribution in [2.24, 2.45) is 5.92 Å². The average Bonchev–Trinajstić information content (AvgIpc) is 2.66. The van der Waals surface area contributed by atoms with Crippen molar-refractivity contribution >= 4 is 28.3 Å². The average molecular weight is 432 g/mol. The fourth-order valence-corrected chi connectivity index (χ4v) is 5.35. The summed E-state index contributed by atoms with van der Waals surface area (Å²) in [6, 6.07) is 6.28. The molecule has 0 spiro atoms. The predicted molar refractivity (Wildman–Crippen MR) is 110 cm³/mol. The van der Waals surface area contributed by atoms with Crippen molar-refractivity contribution in [1.82, 2.24) is 14.9 Å². The van der Waals surface area contributed by atoms with Gasteiger partial charge in [0.05, 0.1) is 17.1 Å². The highest BCUT2D eigenvalue weighted by molar-refractivity contribution is 7.89. The third-order valence-electron chi connectivity index (χ3n) is 5.07. The molecule has 0 aliphatic carbocycles. The number of carbonyl (C=O) groups is 1. The van der Waals surface area contributed by atoms with Crippen molar-refractivity contribution in [3.05, 3.63) is 29.8 Å². The van der Waals surface area contributed by atoms with Gasteiger partial charge in [-0.05, 0) is 63.9 Å². The molecule has 3 rings (SSSR count). The van der Waals surface area contributed by atoms with Gasteiger partial charge in [0.2, 0.25) is 10.0 Å². The molecule has 1 aromatic rings. The molecule has 2 aliphatic rings. The normalized spacial score (nSPS) is 26.3. The van der Waals surface area contributed by atoms with E-state index in [1.165, 1.54) is 10.4 Å². The van der Waals surface area contributed by atoms with Crippen LogP contribution in [0.2, 0.25) is 0 Å². The summed E-state index contributed by atoms with van der Waals surface area (Å²) < 4.78 is 33.0. The van der Waals surface area contributed by atoms with Gasteiger partial charge in [0.15, 0.2) is 0 Å². The van der Waals surface area contributed by atoms with Crippen molar-refractivity contribution in [1.29, 1.82) is 0 Å². The van der Waals surface area contributed by atoms with E-state index in [-0.39, 0.29) is 35.4 Å². The van der Waals surface area contributed by atoms with Crippen LogP contribution in [0, 0.1) is 5.92 Å². The number of benzene rings is 1. The zero-order valence-electron chi connectivity index (χ0n) is 16.4. The van der Waals surface area contributed by atoms with Crippen molar-refractivity contribution in [3.63, 3.8) is 0 Å². The van der Waals surface area contributed by atoms with Crippen molar-refractivity contribution < 1.29 is 17.9 Å². The van der Waals surface area contributed by atoms with Crippen LogP contribution in [0.25, 0.3) is 0 Å². The quantitative estimate of drug-likeness (QED) is 0.739. The molecule has 158 valence electrons. The van der Waals surface area contributed by atoms with Crippen LogP contribution in [0.15, 0.2) is 29.2 Å². The Kier molecular flexibility index (Phi) is 8.27. The minimum absolute atomic E-state index is 0. The first-order valence-corrected chi connectivity index (χ1v) is 11.0. The Morgan fingerprint density at radius 2 is 2.00 bits per heavy atom. The number of halogens is 1. The van der Waals surface area contributed by atoms with Gasteiger partial charge in [0.25, 0.3) is 5.91 Å². The van der Waals surface area contributed by atoms with Gasteiger partial charge in [-0.2, -0.15) is 4.31 Å². The molecule has 2 aliphatic heterocycles. The Balaban J connectivity index is 0.00000280. The van der Waals surface area contributed by atoms with Gasteiger partial charge in [-0.3, -0.25) is 4.79 Å². The van der Waals surface area contributed by atoms with E-state index in [4.69, 9.17) is 4.74 Å². The highest BCUT2D eigenvalue weighted by Crippen LogP contribution is 2.22. The molecule has 3 unspecified atom stereocenters. The van der Waals surface area contributed by atoms with Gasteiger partial charge in [-0.1, -0.05) is 6.07 Å². The number of morpholine rings is 1. The predicted octanol–water partition coefficient (Wildman–Crippen LogP) is 1.64. The van der Waals surface area contributed by atoms with Crippen molar-refractivity contribution in [2.45, 2.75) is 43.8 Å². The standard InChI is InChI=1S/C19H29N3O4S.ClH/c1-14-12-22(13-15(2)26-14)27(24,25)18-7-3-6-17(9-18)19(23)21-11-16-5-4-8-20-10-16;/h3,6-7,9,14-16,20H,4-5,8,10-13H2,1-2H3,(H,21,23);1H. The molecule has 2 heterocycles. The maximum absolute atomic E-state index is 13.0. The molecule has 0 bridgehead atoms. The molecule has 0 aromatic heterocycles. The highest BCUT2D eigenvalue weighted by atomic mass is 35.5. The first kappa shape index (κ1) is 23.1. The van der Waals surface area contributed by atoms with E-state index in [9.17, 15) is 13.2 Å². The van der Waals surface area contributed by atoms with Crippen LogP contribution in [-0.4, -0.2) is 63.6 Å². The SMILES string of the molecule is CC1CN(S(=O)(=O)c2cccc(C(=O)NCC3CCCNC3)c2)CC(C)O1.Cl. The number of amides is 1. The van der Waals surface area contributed by atoms with E-state index in [0.29, 0.717) is 31.1 Å². The second-order valence-corrected chi connectivity index (χ2v) is 9.47. The fraction of sp³-hybridized carbons (Fsp3) is 0.632. The van der Waals surface area contributed by atoms with Gasteiger partial charge in [0.1, 0.15) is 0 Å². The molecule has 2 saturated heterocycles. The van der Waals surface area contributed by atoms with E-state index < -0.39 is 10.0 Å². The third-order valence-corrected chi connectivity index (χ3v) is 6.90. The number of sulfonamides is 1. The lowest BCUT2D eigenvalue weighted by molar-refractivity contribution is -0.0440. The summed E-state index contributed by atoms with van der Waals surface area (Å²) in [5.74, 6) is 0.187. The van der Waals surface area contributed by atoms with Gasteiger partial charge in [-0.25, -0.2) is 8.42 Å². The molecular weight excluding hydrogens is 402 g/mol. The molecule has 2 fully saturated rings. The molecule has 2 N–H and O–H groups in total. The van der Waals surface area contributed by atoms with Gasteiger partial charge < -0.3 is 15.4 Å². The topological polar surface area (TPSA) is 87.7 Å². The molecular formula is C19H30ClN3O4S. The molecule has 0 saturated carbocycles. The summed E-state index contributed by atoms with van der Waals surface area (Å²) >= 11 is 0. The zero-order valence-corrected chi connectivity index (χ0v) is 18.0. The van der Waals surface area contributed by atoms with Crippen molar-refractivity contribution in [2.75, 3.05) is 32.7 Å². The smallest absolute Gasteiger partial charge is 0.251 e. The van der Waals surface area contributed by atoms with Crippen LogP contribution in [0.5, 0.6) is 0 Å². The number of hydrogen-bond donors (Lipinski definition) is 2. The highest BCUT2D eigenvalue weighted by Gasteiger charge is 2.32. The van der Waals surface area contributed by atoms with E-state index >= 15 is 0 Å². The van der Waals surface area contributed by atoms with Crippen molar-refractivity contribution in [3.8, 4) is 0 Å². The number of carbonyl (C=O) groups excluding carboxylic acids is 1. The molecule has 7 nitrogen and oxygen atoms in total. The van der Waals surface area contributed by atoms with E-state index in [2.05, 4.69) is 10.6 Å². The molecule has 3 atom stereocenters. The lowest BCUT2D eigenvalue weighted by atomic mass is 10.00. The maximum Gasteiger partial charge on any atom is 0.251 e. The van der Waals surface area contributed by atoms with Crippen LogP contribution in [0.4, 0.5) is 0 Å². The van der Waals surface area contributed by atoms with Crippen LogP contribution in [-0.2, 0) is 14.8 Å². The Hall–Kier alpha value is -1.19. The number of nitrogens with zero attached hydrogens (tertiary/aromatic N) is 1. The summed E-state index contributed by atoms with van der Waals surface area (Å²) in [7, 11) is -3.66. The molecule has 28 heavy (non-hydrogen) atoms. The van der Waals surface area contributed by atoms with Crippen LogP contribution in [0.1, 0.15) is 37.0 Å². The summed E-state index contributed by atoms with van der Waals surface area (Å²) in [5.41, 5.74) is 0.370. The minimum atomic E-state index is -3.66. The lowest BCUT2D eigenvalue weighted by Gasteiger charge is -2.34. The number of piperidine rings is 1. The Bertz CT molecular complexity index is 758. The zero-order chi connectivity index (χ0) is 19.4. The molecule has 1 amide bonds. The molecule has 1 aromatic carbocycles. The minimum Gasteiger partial charge on any atom is -0.373 e. The van der Waals surface area contributed by atoms with E-state index in [1.807, 2.05) is 13.8 Å². The van der Waals surface area contributed by atoms with Gasteiger partial charge in [-0.15, -0.1) is 12.4 Å². The van der Waals surface area contributed by atoms with Crippen LogP contribution in [0.3, 0.4) is 0 Å². The first-order chi connectivity index (χ1) is 12.9. The fourth-order valence-electron chi connectivity index (χ4n) is 3.71. The van der Waals surface area contributed by atoms with E-state index in [0.717, 1.165) is 25.9 Å². The first-order valence-electron chi connectivity index (χ1n) is 9.61. The van der Waals surface area contributed by atoms with Gasteiger partial charge in [0, 0.05) is 25.2 Å². The Morgan fingerprint density at radius 1 is 1.29 bits per heavy atom. The number of nitrogens with one attached hydrogen (secondary N) is 2. The number of ether oxygens (including phenoxy) is 1. The molecule has 0 radical (unpaired) electrons. The monoisotopic (exact) mass is 431 g/mol. The number of hydrogen-bond acceptors (Lipinski definition) is 5. The number of rotatable bonds is 5. The second kappa shape index (κ2) is 10.0. The van der Waals surface area contributed by atoms with Crippen LogP contribution >= 0.6 is 12.4 Å². The molecule has 9 heteroatoms. The largest absolute Gasteiger partial charge is 0.373 e. The van der Waals surface area contributed by atoms with Crippen LogP contribution < -0.4 is 10.6 Å². The van der Waals surface area contributed by atoms with E-state index in [1.54, 1.807) is 18.2 Å². The summed E-state index contributed by atoms with van der Waals surface area (Å²) in [5, 5.41) is 6.26. The van der Waals surface area contributed by atoms with Gasteiger partial charge >= 0.3 is 0 Å². The Morgan fingerprint density at radius 3 is 2.64 bits per heavy atom. The third kappa shape index (κ3) is 5.67. The summed E-state index contributed by atoms with van der Waals surface area (Å²) in [6.07, 6.45) is 1.90. The lowest BCUT2D eigenvalue weighted by Crippen LogP contribution is -2.48. The second-order valence-electron chi connectivity index (χ2n) is 7.53. The Labute approximate surface area is 173 Å².